The predicted molar refractivity (Wildman–Crippen MR) is 95.8 cm³/mol. The molecule has 2 bridgehead atoms. The molecule has 7 heteroatoms. The Morgan fingerprint density at radius 3 is 2.50 bits per heavy atom. The minimum Gasteiger partial charge on any atom is -0.439 e. The number of ether oxygens (including phenoxy) is 1. The number of fused-ring (bicyclic) bond motifs is 3. The number of cyclic esters (lactones) is 1. The molecule has 1 aliphatic heterocycles. The summed E-state index contributed by atoms with van der Waals surface area (Å²) >= 11 is 5.94. The molecule has 1 saturated heterocycles. The van der Waals surface area contributed by atoms with E-state index < -0.39 is 17.2 Å². The summed E-state index contributed by atoms with van der Waals surface area (Å²) in [7, 11) is 0. The first-order chi connectivity index (χ1) is 12.3. The molecule has 2 unspecified atom stereocenters. The molecule has 1 aromatic rings. The van der Waals surface area contributed by atoms with Crippen molar-refractivity contribution >= 4 is 23.6 Å². The van der Waals surface area contributed by atoms with E-state index in [-0.39, 0.29) is 18.1 Å². The third-order valence-corrected chi connectivity index (χ3v) is 6.59. The van der Waals surface area contributed by atoms with Crippen LogP contribution in [0.3, 0.4) is 0 Å². The van der Waals surface area contributed by atoms with Gasteiger partial charge in [-0.15, -0.1) is 0 Å². The molecule has 2 atom stereocenters. The van der Waals surface area contributed by atoms with Crippen molar-refractivity contribution in [2.75, 3.05) is 6.54 Å². The highest BCUT2D eigenvalue weighted by Gasteiger charge is 2.59. The maximum absolute atomic E-state index is 12.6. The van der Waals surface area contributed by atoms with E-state index in [1.165, 1.54) is 6.92 Å². The summed E-state index contributed by atoms with van der Waals surface area (Å²) in [6.07, 6.45) is 2.01. The van der Waals surface area contributed by atoms with Crippen molar-refractivity contribution in [2.45, 2.75) is 62.3 Å². The number of hydrogen-bond donors (Lipinski definition) is 2. The Morgan fingerprint density at radius 2 is 1.92 bits per heavy atom. The van der Waals surface area contributed by atoms with E-state index >= 15 is 0 Å². The molecule has 0 spiro atoms. The fourth-order valence-electron chi connectivity index (χ4n) is 4.89. The molecule has 6 nitrogen and oxygen atoms in total. The van der Waals surface area contributed by atoms with Crippen LogP contribution in [0.5, 0.6) is 0 Å². The first kappa shape index (κ1) is 17.6. The average molecular weight is 379 g/mol. The first-order valence-corrected chi connectivity index (χ1v) is 9.42. The number of aliphatic hydroxyl groups is 1. The number of aliphatic hydroxyl groups excluding tert-OH is 1. The SMILES string of the molecule is CC(=O)NC12CCC(N3CC(c4ccc(Cl)cc4)OC3=O)(CC1)CC2O. The van der Waals surface area contributed by atoms with Gasteiger partial charge >= 0.3 is 6.09 Å². The molecular formula is C19H23ClN2O4. The van der Waals surface area contributed by atoms with E-state index in [1.807, 2.05) is 12.1 Å². The predicted octanol–water partition coefficient (Wildman–Crippen LogP) is 2.79. The van der Waals surface area contributed by atoms with Gasteiger partial charge in [0.05, 0.1) is 18.2 Å². The van der Waals surface area contributed by atoms with Crippen LogP contribution in [-0.4, -0.2) is 45.7 Å². The molecule has 1 aromatic carbocycles. The van der Waals surface area contributed by atoms with Crippen LogP contribution in [0.2, 0.25) is 5.02 Å². The quantitative estimate of drug-likeness (QED) is 0.847. The largest absolute Gasteiger partial charge is 0.439 e. The minimum absolute atomic E-state index is 0.123. The van der Waals surface area contributed by atoms with E-state index in [0.29, 0.717) is 30.8 Å². The maximum atomic E-state index is 12.6. The third-order valence-electron chi connectivity index (χ3n) is 6.34. The molecule has 0 radical (unpaired) electrons. The molecule has 0 aromatic heterocycles. The molecule has 2 N–H and O–H groups in total. The van der Waals surface area contributed by atoms with Gasteiger partial charge in [-0.05, 0) is 49.8 Å². The van der Waals surface area contributed by atoms with Gasteiger partial charge in [-0.3, -0.25) is 9.69 Å². The molecule has 3 aliphatic carbocycles. The van der Waals surface area contributed by atoms with Crippen molar-refractivity contribution in [1.29, 1.82) is 0 Å². The smallest absolute Gasteiger partial charge is 0.411 e. The summed E-state index contributed by atoms with van der Waals surface area (Å²) in [4.78, 5) is 25.9. The molecule has 5 rings (SSSR count). The molecule has 3 saturated carbocycles. The maximum Gasteiger partial charge on any atom is 0.411 e. The second kappa shape index (κ2) is 6.13. The van der Waals surface area contributed by atoms with E-state index in [9.17, 15) is 14.7 Å². The average Bonchev–Trinajstić information content (AvgIpc) is 2.99. The van der Waals surface area contributed by atoms with Gasteiger partial charge in [0, 0.05) is 17.5 Å². The zero-order valence-electron chi connectivity index (χ0n) is 14.7. The summed E-state index contributed by atoms with van der Waals surface area (Å²) in [6.45, 7) is 1.95. The van der Waals surface area contributed by atoms with Crippen molar-refractivity contribution in [3.63, 3.8) is 0 Å². The van der Waals surface area contributed by atoms with Gasteiger partial charge in [-0.25, -0.2) is 4.79 Å². The number of benzene rings is 1. The van der Waals surface area contributed by atoms with Crippen LogP contribution in [0.4, 0.5) is 4.79 Å². The summed E-state index contributed by atoms with van der Waals surface area (Å²) < 4.78 is 5.61. The number of rotatable bonds is 3. The highest BCUT2D eigenvalue weighted by atomic mass is 35.5. The molecule has 1 heterocycles. The van der Waals surface area contributed by atoms with Crippen LogP contribution in [0.25, 0.3) is 0 Å². The van der Waals surface area contributed by atoms with Crippen molar-refractivity contribution in [3.8, 4) is 0 Å². The number of halogens is 1. The van der Waals surface area contributed by atoms with Crippen molar-refractivity contribution in [2.24, 2.45) is 0 Å². The second-order valence-corrected chi connectivity index (χ2v) is 8.25. The molecular weight excluding hydrogens is 356 g/mol. The summed E-state index contributed by atoms with van der Waals surface area (Å²) in [6, 6.07) is 7.33. The Morgan fingerprint density at radius 1 is 1.27 bits per heavy atom. The highest BCUT2D eigenvalue weighted by molar-refractivity contribution is 6.30. The highest BCUT2D eigenvalue weighted by Crippen LogP contribution is 2.51. The minimum atomic E-state index is -0.656. The lowest BCUT2D eigenvalue weighted by Gasteiger charge is -2.58. The van der Waals surface area contributed by atoms with Crippen molar-refractivity contribution < 1.29 is 19.4 Å². The number of carbonyl (C=O) groups excluding carboxylic acids is 2. The zero-order chi connectivity index (χ0) is 18.5. The zero-order valence-corrected chi connectivity index (χ0v) is 15.5. The fraction of sp³-hybridized carbons (Fsp3) is 0.579. The number of amides is 2. The summed E-state index contributed by atoms with van der Waals surface area (Å²) in [5, 5.41) is 14.3. The van der Waals surface area contributed by atoms with E-state index in [4.69, 9.17) is 16.3 Å². The van der Waals surface area contributed by atoms with Crippen LogP contribution >= 0.6 is 11.6 Å². The van der Waals surface area contributed by atoms with Crippen molar-refractivity contribution in [1.82, 2.24) is 10.2 Å². The van der Waals surface area contributed by atoms with Crippen molar-refractivity contribution in [3.05, 3.63) is 34.9 Å². The Bertz CT molecular complexity index is 728. The first-order valence-electron chi connectivity index (χ1n) is 9.04. The van der Waals surface area contributed by atoms with Gasteiger partial charge in [0.2, 0.25) is 5.91 Å². The van der Waals surface area contributed by atoms with Gasteiger partial charge in [-0.2, -0.15) is 0 Å². The van der Waals surface area contributed by atoms with Crippen LogP contribution in [0.1, 0.15) is 50.7 Å². The molecule has 4 fully saturated rings. The van der Waals surface area contributed by atoms with Crippen LogP contribution < -0.4 is 5.32 Å². The van der Waals surface area contributed by atoms with Gasteiger partial charge in [0.15, 0.2) is 0 Å². The molecule has 2 amide bonds. The lowest BCUT2D eigenvalue weighted by molar-refractivity contribution is -0.131. The number of carbonyl (C=O) groups is 2. The molecule has 140 valence electrons. The lowest BCUT2D eigenvalue weighted by Crippen LogP contribution is -2.70. The van der Waals surface area contributed by atoms with Gasteiger partial charge in [0.1, 0.15) is 6.10 Å². The van der Waals surface area contributed by atoms with E-state index in [2.05, 4.69) is 5.32 Å². The summed E-state index contributed by atoms with van der Waals surface area (Å²) in [5.74, 6) is -0.123. The van der Waals surface area contributed by atoms with Crippen LogP contribution in [0.15, 0.2) is 24.3 Å². The monoisotopic (exact) mass is 378 g/mol. The van der Waals surface area contributed by atoms with E-state index in [0.717, 1.165) is 18.4 Å². The second-order valence-electron chi connectivity index (χ2n) is 7.82. The number of nitrogens with one attached hydrogen (secondary N) is 1. The Labute approximate surface area is 157 Å². The molecule has 26 heavy (non-hydrogen) atoms. The third kappa shape index (κ3) is 2.76. The van der Waals surface area contributed by atoms with Gasteiger partial charge in [-0.1, -0.05) is 23.7 Å². The number of nitrogens with zero attached hydrogens (tertiary/aromatic N) is 1. The topological polar surface area (TPSA) is 78.9 Å². The Kier molecular flexibility index (Phi) is 4.15. The lowest BCUT2D eigenvalue weighted by atomic mass is 9.59. The summed E-state index contributed by atoms with van der Waals surface area (Å²) in [5.41, 5.74) is -0.0218. The van der Waals surface area contributed by atoms with E-state index in [1.54, 1.807) is 17.0 Å². The Balaban J connectivity index is 1.52. The number of hydrogen-bond acceptors (Lipinski definition) is 4. The Hall–Kier alpha value is -1.79. The normalized spacial score (nSPS) is 36.1. The standard InChI is InChI=1S/C19H23ClN2O4/c1-12(23)21-19-8-6-18(7-9-19,10-16(19)24)22-11-15(26-17(22)25)13-2-4-14(20)5-3-13/h2-5,15-16,24H,6-11H2,1H3,(H,21,23). The molecule has 4 aliphatic rings. The van der Waals surface area contributed by atoms with Gasteiger partial charge in [0.25, 0.3) is 0 Å². The fourth-order valence-corrected chi connectivity index (χ4v) is 5.02. The van der Waals surface area contributed by atoms with Gasteiger partial charge < -0.3 is 15.2 Å². The van der Waals surface area contributed by atoms with Crippen LogP contribution in [0, 0.1) is 0 Å². The van der Waals surface area contributed by atoms with Crippen LogP contribution in [-0.2, 0) is 9.53 Å².